The number of hydrogen-bond donors (Lipinski definition) is 3. The van der Waals surface area contributed by atoms with Crippen LogP contribution in [0.3, 0.4) is 0 Å². The molecule has 2 aromatic rings. The Morgan fingerprint density at radius 2 is 1.58 bits per heavy atom. The lowest BCUT2D eigenvalue weighted by Crippen LogP contribution is -2.17. The summed E-state index contributed by atoms with van der Waals surface area (Å²) in [6, 6.07) is 7.65. The lowest BCUT2D eigenvalue weighted by Gasteiger charge is -2.19. The van der Waals surface area contributed by atoms with Crippen molar-refractivity contribution in [3.05, 3.63) is 91.5 Å². The fourth-order valence-electron chi connectivity index (χ4n) is 3.37. The molecule has 0 atom stereocenters. The molecule has 0 fully saturated rings. The second-order valence-electron chi connectivity index (χ2n) is 6.96. The van der Waals surface area contributed by atoms with Crippen LogP contribution in [0.2, 0.25) is 10.0 Å². The van der Waals surface area contributed by atoms with Gasteiger partial charge in [-0.2, -0.15) is 0 Å². The van der Waals surface area contributed by atoms with Gasteiger partial charge in [0, 0.05) is 15.6 Å². The SMILES string of the molecule is CC1=C/C(=C(\c2cc(C)c(O)c(C(=O)O)c2)c2c(Cl)cccc2Cl)C=C(C(=O)O)C1=[OH+]. The highest BCUT2D eigenvalue weighted by molar-refractivity contribution is 6.38. The minimum Gasteiger partial charge on any atom is -0.507 e. The fourth-order valence-corrected chi connectivity index (χ4v) is 3.95. The Balaban J connectivity index is 2.50. The van der Waals surface area contributed by atoms with E-state index >= 15 is 0 Å². The summed E-state index contributed by atoms with van der Waals surface area (Å²) < 4.78 is 0. The van der Waals surface area contributed by atoms with E-state index < -0.39 is 11.9 Å². The van der Waals surface area contributed by atoms with Crippen LogP contribution in [0.5, 0.6) is 5.75 Å². The fraction of sp³-hybridized carbons (Fsp3) is 0.0870. The number of ketones is 1. The van der Waals surface area contributed by atoms with Gasteiger partial charge in [-0.3, -0.25) is 4.79 Å². The molecule has 0 saturated heterocycles. The summed E-state index contributed by atoms with van der Waals surface area (Å²) in [6.45, 7) is 3.09. The van der Waals surface area contributed by atoms with E-state index in [9.17, 15) is 29.7 Å². The monoisotopic (exact) mass is 459 g/mol. The molecule has 158 valence electrons. The smallest absolute Gasteiger partial charge is 0.357 e. The molecule has 4 N–H and O–H groups in total. The van der Waals surface area contributed by atoms with Crippen LogP contribution in [0.4, 0.5) is 0 Å². The maximum absolute atomic E-state index is 11.7. The number of rotatable bonds is 4. The molecule has 0 aromatic heterocycles. The number of carbonyl (C=O) groups excluding carboxylic acids is 1. The van der Waals surface area contributed by atoms with Gasteiger partial charge in [-0.05, 0) is 72.5 Å². The number of phenols is 1. The first-order valence-corrected chi connectivity index (χ1v) is 9.74. The second-order valence-corrected chi connectivity index (χ2v) is 7.77. The van der Waals surface area contributed by atoms with Crippen LogP contribution in [0.25, 0.3) is 5.57 Å². The number of aromatic carboxylic acids is 1. The number of benzene rings is 2. The Bertz CT molecular complexity index is 1230. The Hall–Kier alpha value is -3.35. The lowest BCUT2D eigenvalue weighted by atomic mass is 9.85. The highest BCUT2D eigenvalue weighted by Gasteiger charge is 2.31. The zero-order chi connectivity index (χ0) is 23.0. The van der Waals surface area contributed by atoms with Gasteiger partial charge < -0.3 is 15.3 Å². The number of aryl methyl sites for hydroxylation is 1. The number of allylic oxidation sites excluding steroid dienone is 4. The van der Waals surface area contributed by atoms with Gasteiger partial charge in [-0.15, -0.1) is 0 Å². The standard InChI is InChI=1S/C23H16Cl2O6/c1-10-6-12(8-14(20(10)26)22(28)29)18(19-16(24)4-3-5-17(19)25)13-7-11(2)21(27)15(9-13)23(30)31/h3-9,26H,1-2H3,(H,28,29)(H,30,31)/p+1/b18-13-. The molecule has 8 heteroatoms. The third kappa shape index (κ3) is 4.13. The van der Waals surface area contributed by atoms with E-state index in [2.05, 4.69) is 0 Å². The van der Waals surface area contributed by atoms with Gasteiger partial charge >= 0.3 is 17.7 Å². The predicted molar refractivity (Wildman–Crippen MR) is 119 cm³/mol. The van der Waals surface area contributed by atoms with E-state index in [0.717, 1.165) is 0 Å². The molecule has 0 unspecified atom stereocenters. The first-order valence-electron chi connectivity index (χ1n) is 8.98. The van der Waals surface area contributed by atoms with Crippen molar-refractivity contribution in [2.75, 3.05) is 0 Å². The number of aromatic hydroxyl groups is 1. The quantitative estimate of drug-likeness (QED) is 0.438. The molecule has 2 aromatic carbocycles. The molecule has 0 bridgehead atoms. The summed E-state index contributed by atoms with van der Waals surface area (Å²) >= 11 is 12.9. The van der Waals surface area contributed by atoms with Crippen molar-refractivity contribution in [2.45, 2.75) is 13.8 Å². The van der Waals surface area contributed by atoms with E-state index in [0.29, 0.717) is 33.4 Å². The summed E-state index contributed by atoms with van der Waals surface area (Å²) in [7, 11) is 0. The number of carboxylic acid groups (broad SMARTS) is 2. The zero-order valence-corrected chi connectivity index (χ0v) is 17.9. The minimum atomic E-state index is -1.33. The van der Waals surface area contributed by atoms with Gasteiger partial charge in [0.1, 0.15) is 11.3 Å². The molecule has 0 saturated carbocycles. The van der Waals surface area contributed by atoms with Crippen LogP contribution in [0.15, 0.2) is 59.2 Å². The summed E-state index contributed by atoms with van der Waals surface area (Å²) in [5.74, 6) is -3.43. The molecule has 0 radical (unpaired) electrons. The molecule has 0 amide bonds. The van der Waals surface area contributed by atoms with Gasteiger partial charge in [0.2, 0.25) is 0 Å². The van der Waals surface area contributed by atoms with Gasteiger partial charge in [-0.1, -0.05) is 29.3 Å². The zero-order valence-electron chi connectivity index (χ0n) is 16.4. The Kier molecular flexibility index (Phi) is 6.06. The second kappa shape index (κ2) is 8.41. The van der Waals surface area contributed by atoms with Crippen LogP contribution < -0.4 is 0 Å². The third-order valence-corrected chi connectivity index (χ3v) is 5.48. The van der Waals surface area contributed by atoms with Crippen LogP contribution in [0, 0.1) is 6.92 Å². The van der Waals surface area contributed by atoms with Crippen molar-refractivity contribution >= 4 is 46.5 Å². The van der Waals surface area contributed by atoms with Crippen molar-refractivity contribution in [2.24, 2.45) is 0 Å². The normalized spacial score (nSPS) is 15.3. The van der Waals surface area contributed by atoms with E-state index in [-0.39, 0.29) is 32.7 Å². The van der Waals surface area contributed by atoms with E-state index in [1.807, 2.05) is 0 Å². The summed E-state index contributed by atoms with van der Waals surface area (Å²) in [4.78, 5) is 33.5. The van der Waals surface area contributed by atoms with Crippen LogP contribution in [-0.4, -0.2) is 37.8 Å². The van der Waals surface area contributed by atoms with Crippen molar-refractivity contribution in [1.29, 1.82) is 0 Å². The lowest BCUT2D eigenvalue weighted by molar-refractivity contribution is -0.132. The molecule has 1 aliphatic rings. The summed E-state index contributed by atoms with van der Waals surface area (Å²) in [6.07, 6.45) is 2.82. The predicted octanol–water partition coefficient (Wildman–Crippen LogP) is 5.02. The maximum Gasteiger partial charge on any atom is 0.357 e. The largest absolute Gasteiger partial charge is 0.507 e. The van der Waals surface area contributed by atoms with Gasteiger partial charge in [-0.25, -0.2) is 9.59 Å². The third-order valence-electron chi connectivity index (χ3n) is 4.85. The van der Waals surface area contributed by atoms with Crippen molar-refractivity contribution in [3.8, 4) is 5.75 Å². The number of halogens is 2. The number of aliphatic carboxylic acids is 1. The van der Waals surface area contributed by atoms with Crippen molar-refractivity contribution < 1.29 is 29.7 Å². The number of hydrogen-bond acceptors (Lipinski definition) is 3. The number of carboxylic acids is 2. The highest BCUT2D eigenvalue weighted by atomic mass is 35.5. The first-order chi connectivity index (χ1) is 14.5. The maximum atomic E-state index is 11.7. The molecule has 0 aliphatic heterocycles. The molecule has 1 aliphatic carbocycles. The Morgan fingerprint density at radius 3 is 2.13 bits per heavy atom. The average molecular weight is 460 g/mol. The highest BCUT2D eigenvalue weighted by Crippen LogP contribution is 2.41. The Morgan fingerprint density at radius 1 is 0.968 bits per heavy atom. The number of carbonyl (C=O) groups is 2. The summed E-state index contributed by atoms with van der Waals surface area (Å²) in [5, 5.41) is 29.7. The molecule has 3 rings (SSSR count). The van der Waals surface area contributed by atoms with Crippen LogP contribution in [0.1, 0.15) is 34.0 Å². The van der Waals surface area contributed by atoms with E-state index in [4.69, 9.17) is 23.2 Å². The molecular formula is C23H17Cl2O6+. The van der Waals surface area contributed by atoms with Gasteiger partial charge in [0.15, 0.2) is 5.57 Å². The van der Waals surface area contributed by atoms with Crippen LogP contribution in [-0.2, 0) is 4.79 Å². The topological polar surface area (TPSA) is 116 Å². The average Bonchev–Trinajstić information content (AvgIpc) is 2.68. The molecule has 0 spiro atoms. The molecule has 31 heavy (non-hydrogen) atoms. The van der Waals surface area contributed by atoms with Crippen molar-refractivity contribution in [1.82, 2.24) is 0 Å². The Labute approximate surface area is 187 Å². The summed E-state index contributed by atoms with van der Waals surface area (Å²) in [5.41, 5.74) is 1.34. The van der Waals surface area contributed by atoms with E-state index in [1.54, 1.807) is 44.2 Å². The molecular weight excluding hydrogens is 443 g/mol. The minimum absolute atomic E-state index is 0.257. The first kappa shape index (κ1) is 22.3. The molecule has 6 nitrogen and oxygen atoms in total. The van der Waals surface area contributed by atoms with Crippen LogP contribution >= 0.6 is 23.2 Å². The van der Waals surface area contributed by atoms with E-state index in [1.165, 1.54) is 12.1 Å². The van der Waals surface area contributed by atoms with Crippen molar-refractivity contribution in [3.63, 3.8) is 0 Å². The molecule has 0 heterocycles. The van der Waals surface area contributed by atoms with Gasteiger partial charge in [0.05, 0.1) is 5.57 Å². The van der Waals surface area contributed by atoms with Gasteiger partial charge in [0.25, 0.3) is 0 Å².